The molecule has 2 aromatic rings. The third kappa shape index (κ3) is 0.869. The number of rotatable bonds is 0. The molecule has 64 valence electrons. The van der Waals surface area contributed by atoms with Gasteiger partial charge >= 0.3 is 0 Å². The van der Waals surface area contributed by atoms with Gasteiger partial charge in [-0.05, 0) is 12.1 Å². The van der Waals surface area contributed by atoms with Crippen molar-refractivity contribution in [2.75, 3.05) is 5.32 Å². The molecule has 1 aliphatic heterocycles. The molecule has 2 heterocycles. The van der Waals surface area contributed by atoms with Crippen LogP contribution in [-0.4, -0.2) is 5.16 Å². The number of anilines is 1. The highest BCUT2D eigenvalue weighted by atomic mass is 16.5. The van der Waals surface area contributed by atoms with Gasteiger partial charge in [0.2, 0.25) is 0 Å². The van der Waals surface area contributed by atoms with Gasteiger partial charge in [-0.25, -0.2) is 0 Å². The van der Waals surface area contributed by atoms with Crippen molar-refractivity contribution < 1.29 is 4.52 Å². The van der Waals surface area contributed by atoms with E-state index < -0.39 is 0 Å². The maximum Gasteiger partial charge on any atom is 0.173 e. The first-order chi connectivity index (χ1) is 6.45. The van der Waals surface area contributed by atoms with Gasteiger partial charge in [0.1, 0.15) is 0 Å². The van der Waals surface area contributed by atoms with Gasteiger partial charge in [0, 0.05) is 23.4 Å². The van der Waals surface area contributed by atoms with Gasteiger partial charge in [0.25, 0.3) is 0 Å². The standard InChI is InChI=1S/C10H8N2O/c1-2-4-9-8(3-1)10-7(5-11-9)6-12-13-10/h1-4,6,11H,5H2. The van der Waals surface area contributed by atoms with Crippen LogP contribution in [-0.2, 0) is 6.54 Å². The third-order valence-electron chi connectivity index (χ3n) is 2.29. The molecule has 1 aromatic heterocycles. The lowest BCUT2D eigenvalue weighted by atomic mass is 10.0. The molecule has 3 nitrogen and oxygen atoms in total. The Labute approximate surface area is 75.4 Å². The van der Waals surface area contributed by atoms with E-state index in [-0.39, 0.29) is 0 Å². The highest BCUT2D eigenvalue weighted by Gasteiger charge is 2.18. The van der Waals surface area contributed by atoms with E-state index in [0.717, 1.165) is 29.1 Å². The molecule has 0 aliphatic carbocycles. The van der Waals surface area contributed by atoms with Crippen molar-refractivity contribution in [3.63, 3.8) is 0 Å². The minimum Gasteiger partial charge on any atom is -0.380 e. The molecule has 0 fully saturated rings. The number of nitrogens with zero attached hydrogens (tertiary/aromatic N) is 1. The van der Waals surface area contributed by atoms with Crippen molar-refractivity contribution in [3.8, 4) is 11.3 Å². The summed E-state index contributed by atoms with van der Waals surface area (Å²) in [7, 11) is 0. The Bertz CT molecular complexity index is 448. The maximum atomic E-state index is 5.19. The van der Waals surface area contributed by atoms with E-state index in [9.17, 15) is 0 Å². The van der Waals surface area contributed by atoms with Crippen molar-refractivity contribution in [2.24, 2.45) is 0 Å². The number of aromatic nitrogens is 1. The number of fused-ring (bicyclic) bond motifs is 3. The van der Waals surface area contributed by atoms with Crippen LogP contribution in [0, 0.1) is 0 Å². The van der Waals surface area contributed by atoms with Gasteiger partial charge in [0.15, 0.2) is 5.76 Å². The molecule has 1 aromatic carbocycles. The first-order valence-electron chi connectivity index (χ1n) is 4.22. The number of hydrogen-bond donors (Lipinski definition) is 1. The largest absolute Gasteiger partial charge is 0.380 e. The Kier molecular flexibility index (Phi) is 1.22. The van der Waals surface area contributed by atoms with Gasteiger partial charge in [-0.3, -0.25) is 0 Å². The molecular formula is C10H8N2O. The summed E-state index contributed by atoms with van der Waals surface area (Å²) in [5.74, 6) is 0.898. The summed E-state index contributed by atoms with van der Waals surface area (Å²) in [5.41, 5.74) is 3.34. The van der Waals surface area contributed by atoms with E-state index >= 15 is 0 Å². The zero-order chi connectivity index (χ0) is 8.67. The second-order valence-electron chi connectivity index (χ2n) is 3.08. The van der Waals surface area contributed by atoms with Crippen molar-refractivity contribution in [3.05, 3.63) is 36.0 Å². The van der Waals surface area contributed by atoms with E-state index in [1.165, 1.54) is 0 Å². The quantitative estimate of drug-likeness (QED) is 0.662. The molecular weight excluding hydrogens is 164 g/mol. The second-order valence-corrected chi connectivity index (χ2v) is 3.08. The molecule has 1 aliphatic rings. The lowest BCUT2D eigenvalue weighted by Gasteiger charge is -2.15. The molecule has 13 heavy (non-hydrogen) atoms. The average Bonchev–Trinajstić information content (AvgIpc) is 2.65. The first-order valence-corrected chi connectivity index (χ1v) is 4.22. The van der Waals surface area contributed by atoms with Gasteiger partial charge in [-0.15, -0.1) is 0 Å². The van der Waals surface area contributed by atoms with Crippen molar-refractivity contribution in [1.29, 1.82) is 0 Å². The summed E-state index contributed by atoms with van der Waals surface area (Å²) in [6, 6.07) is 8.08. The molecule has 0 atom stereocenters. The van der Waals surface area contributed by atoms with E-state index in [1.807, 2.05) is 24.3 Å². The molecule has 1 N–H and O–H groups in total. The lowest BCUT2D eigenvalue weighted by molar-refractivity contribution is 0.431. The highest BCUT2D eigenvalue weighted by molar-refractivity contribution is 5.78. The lowest BCUT2D eigenvalue weighted by Crippen LogP contribution is -2.05. The zero-order valence-electron chi connectivity index (χ0n) is 6.95. The summed E-state index contributed by atoms with van der Waals surface area (Å²) < 4.78 is 5.19. The summed E-state index contributed by atoms with van der Waals surface area (Å²) in [6.07, 6.45) is 1.76. The van der Waals surface area contributed by atoms with E-state index in [4.69, 9.17) is 4.52 Å². The predicted octanol–water partition coefficient (Wildman–Crippen LogP) is 2.27. The zero-order valence-corrected chi connectivity index (χ0v) is 6.95. The van der Waals surface area contributed by atoms with Crippen LogP contribution in [0.1, 0.15) is 5.56 Å². The number of benzene rings is 1. The van der Waals surface area contributed by atoms with Crippen LogP contribution in [0.5, 0.6) is 0 Å². The molecule has 0 unspecified atom stereocenters. The topological polar surface area (TPSA) is 38.1 Å². The molecule has 3 heteroatoms. The number of nitrogens with one attached hydrogen (secondary N) is 1. The number of para-hydroxylation sites is 1. The van der Waals surface area contributed by atoms with Crippen molar-refractivity contribution in [2.45, 2.75) is 6.54 Å². The van der Waals surface area contributed by atoms with Crippen LogP contribution < -0.4 is 5.32 Å². The number of hydrogen-bond acceptors (Lipinski definition) is 3. The average molecular weight is 172 g/mol. The van der Waals surface area contributed by atoms with Crippen LogP contribution in [0.2, 0.25) is 0 Å². The predicted molar refractivity (Wildman–Crippen MR) is 49.3 cm³/mol. The Morgan fingerprint density at radius 2 is 2.23 bits per heavy atom. The van der Waals surface area contributed by atoms with E-state index in [0.29, 0.717) is 0 Å². The highest BCUT2D eigenvalue weighted by Crippen LogP contribution is 2.34. The van der Waals surface area contributed by atoms with Crippen LogP contribution in [0.15, 0.2) is 35.0 Å². The van der Waals surface area contributed by atoms with Crippen molar-refractivity contribution >= 4 is 5.69 Å². The third-order valence-corrected chi connectivity index (χ3v) is 2.29. The van der Waals surface area contributed by atoms with Gasteiger partial charge in [-0.1, -0.05) is 17.3 Å². The van der Waals surface area contributed by atoms with Crippen molar-refractivity contribution in [1.82, 2.24) is 5.16 Å². The fraction of sp³-hybridized carbons (Fsp3) is 0.100. The summed E-state index contributed by atoms with van der Waals surface area (Å²) in [6.45, 7) is 0.801. The maximum absolute atomic E-state index is 5.19. The molecule has 0 saturated carbocycles. The Morgan fingerprint density at radius 3 is 3.23 bits per heavy atom. The molecule has 0 radical (unpaired) electrons. The Hall–Kier alpha value is -1.77. The molecule has 0 amide bonds. The molecule has 0 saturated heterocycles. The molecule has 0 bridgehead atoms. The molecule has 3 rings (SSSR count). The fourth-order valence-electron chi connectivity index (χ4n) is 1.63. The van der Waals surface area contributed by atoms with Crippen LogP contribution in [0.3, 0.4) is 0 Å². The normalized spacial score (nSPS) is 12.9. The minimum absolute atomic E-state index is 0.801. The Balaban J connectivity index is 2.30. The SMILES string of the molecule is c1ccc2c(c1)NCc1cnoc1-2. The van der Waals surface area contributed by atoms with Crippen LogP contribution >= 0.6 is 0 Å². The van der Waals surface area contributed by atoms with Gasteiger partial charge in [0.05, 0.1) is 6.20 Å². The summed E-state index contributed by atoms with van der Waals surface area (Å²) in [5, 5.41) is 7.09. The summed E-state index contributed by atoms with van der Waals surface area (Å²) >= 11 is 0. The smallest absolute Gasteiger partial charge is 0.173 e. The monoisotopic (exact) mass is 172 g/mol. The van der Waals surface area contributed by atoms with Crippen LogP contribution in [0.25, 0.3) is 11.3 Å². The first kappa shape index (κ1) is 6.71. The summed E-state index contributed by atoms with van der Waals surface area (Å²) in [4.78, 5) is 0. The fourth-order valence-corrected chi connectivity index (χ4v) is 1.63. The minimum atomic E-state index is 0.801. The van der Waals surface area contributed by atoms with Gasteiger partial charge < -0.3 is 9.84 Å². The van der Waals surface area contributed by atoms with E-state index in [2.05, 4.69) is 10.5 Å². The van der Waals surface area contributed by atoms with Crippen LogP contribution in [0.4, 0.5) is 5.69 Å². The molecule has 0 spiro atoms. The second kappa shape index (κ2) is 2.36. The van der Waals surface area contributed by atoms with E-state index in [1.54, 1.807) is 6.20 Å². The van der Waals surface area contributed by atoms with Gasteiger partial charge in [-0.2, -0.15) is 0 Å². The Morgan fingerprint density at radius 1 is 1.31 bits per heavy atom.